The van der Waals surface area contributed by atoms with Gasteiger partial charge >= 0.3 is 0 Å². The molecule has 0 radical (unpaired) electrons. The molecule has 0 N–H and O–H groups in total. The minimum atomic E-state index is 0.186. The van der Waals surface area contributed by atoms with Crippen LogP contribution >= 0.6 is 27.3 Å². The first kappa shape index (κ1) is 15.6. The normalized spacial score (nSPS) is 17.7. The number of carbonyl (C=O) groups is 1. The average Bonchev–Trinajstić information content (AvgIpc) is 3.18. The SMILES string of the molecule is O=C(CCOc1cccc(Br)c1)N1CCCC1c1cccs1. The van der Waals surface area contributed by atoms with Crippen molar-refractivity contribution in [2.45, 2.75) is 25.3 Å². The van der Waals surface area contributed by atoms with Crippen LogP contribution in [0.2, 0.25) is 0 Å². The second-order valence-electron chi connectivity index (χ2n) is 5.32. The van der Waals surface area contributed by atoms with E-state index < -0.39 is 0 Å². The van der Waals surface area contributed by atoms with E-state index in [0.29, 0.717) is 13.0 Å². The van der Waals surface area contributed by atoms with E-state index in [2.05, 4.69) is 33.4 Å². The summed E-state index contributed by atoms with van der Waals surface area (Å²) in [5, 5.41) is 2.08. The highest BCUT2D eigenvalue weighted by molar-refractivity contribution is 9.10. The van der Waals surface area contributed by atoms with Crippen molar-refractivity contribution in [3.05, 3.63) is 51.1 Å². The van der Waals surface area contributed by atoms with E-state index in [-0.39, 0.29) is 11.9 Å². The molecule has 1 aliphatic rings. The molecule has 1 fully saturated rings. The summed E-state index contributed by atoms with van der Waals surface area (Å²) in [5.74, 6) is 0.976. The molecule has 0 spiro atoms. The van der Waals surface area contributed by atoms with E-state index in [1.807, 2.05) is 29.2 Å². The van der Waals surface area contributed by atoms with Crippen LogP contribution < -0.4 is 4.74 Å². The van der Waals surface area contributed by atoms with Gasteiger partial charge in [0.15, 0.2) is 0 Å². The van der Waals surface area contributed by atoms with E-state index >= 15 is 0 Å². The van der Waals surface area contributed by atoms with Crippen molar-refractivity contribution in [2.24, 2.45) is 0 Å². The van der Waals surface area contributed by atoms with Gasteiger partial charge in [-0.1, -0.05) is 28.1 Å². The van der Waals surface area contributed by atoms with Crippen LogP contribution in [0.15, 0.2) is 46.3 Å². The minimum Gasteiger partial charge on any atom is -0.493 e. The number of ether oxygens (including phenoxy) is 1. The summed E-state index contributed by atoms with van der Waals surface area (Å²) in [6.45, 7) is 1.28. The fourth-order valence-corrected chi connectivity index (χ4v) is 4.05. The third kappa shape index (κ3) is 3.70. The highest BCUT2D eigenvalue weighted by atomic mass is 79.9. The van der Waals surface area contributed by atoms with Gasteiger partial charge in [-0.05, 0) is 42.5 Å². The molecule has 1 atom stereocenters. The van der Waals surface area contributed by atoms with Crippen LogP contribution in [-0.2, 0) is 4.79 Å². The number of hydrogen-bond acceptors (Lipinski definition) is 3. The lowest BCUT2D eigenvalue weighted by Crippen LogP contribution is -2.31. The van der Waals surface area contributed by atoms with Crippen LogP contribution in [0, 0.1) is 0 Å². The van der Waals surface area contributed by atoms with Gasteiger partial charge in [-0.25, -0.2) is 0 Å². The molecule has 116 valence electrons. The number of hydrogen-bond donors (Lipinski definition) is 0. The second kappa shape index (κ2) is 7.29. The zero-order valence-electron chi connectivity index (χ0n) is 12.2. The Morgan fingerprint density at radius 2 is 2.27 bits per heavy atom. The third-order valence-electron chi connectivity index (χ3n) is 3.83. The number of thiophene rings is 1. The smallest absolute Gasteiger partial charge is 0.226 e. The van der Waals surface area contributed by atoms with Gasteiger partial charge in [-0.15, -0.1) is 11.3 Å². The summed E-state index contributed by atoms with van der Waals surface area (Å²) in [7, 11) is 0. The van der Waals surface area contributed by atoms with Gasteiger partial charge in [-0.2, -0.15) is 0 Å². The summed E-state index contributed by atoms with van der Waals surface area (Å²) in [5.41, 5.74) is 0. The zero-order valence-corrected chi connectivity index (χ0v) is 14.6. The van der Waals surface area contributed by atoms with Gasteiger partial charge < -0.3 is 9.64 Å². The Hall–Kier alpha value is -1.33. The summed E-state index contributed by atoms with van der Waals surface area (Å²) in [6, 6.07) is 12.1. The number of likely N-dealkylation sites (tertiary alicyclic amines) is 1. The topological polar surface area (TPSA) is 29.5 Å². The van der Waals surface area contributed by atoms with Gasteiger partial charge in [0.2, 0.25) is 5.91 Å². The predicted octanol–water partition coefficient (Wildman–Crippen LogP) is 4.64. The zero-order chi connectivity index (χ0) is 15.4. The first-order valence-electron chi connectivity index (χ1n) is 7.45. The summed E-state index contributed by atoms with van der Waals surface area (Å²) in [6.07, 6.45) is 2.58. The summed E-state index contributed by atoms with van der Waals surface area (Å²) < 4.78 is 6.65. The molecule has 1 amide bonds. The lowest BCUT2D eigenvalue weighted by molar-refractivity contribution is -0.132. The molecule has 2 aromatic rings. The quantitative estimate of drug-likeness (QED) is 0.756. The Morgan fingerprint density at radius 3 is 3.05 bits per heavy atom. The standard InChI is InChI=1S/C17H18BrNO2S/c18-13-4-1-5-14(12-13)21-10-8-17(20)19-9-2-6-15(19)16-7-3-11-22-16/h1,3-5,7,11-12,15H,2,6,8-10H2. The van der Waals surface area contributed by atoms with Gasteiger partial charge in [0.1, 0.15) is 5.75 Å². The monoisotopic (exact) mass is 379 g/mol. The maximum Gasteiger partial charge on any atom is 0.226 e. The van der Waals surface area contributed by atoms with Crippen LogP contribution in [-0.4, -0.2) is 24.0 Å². The van der Waals surface area contributed by atoms with Crippen LogP contribution in [0.25, 0.3) is 0 Å². The van der Waals surface area contributed by atoms with Crippen molar-refractivity contribution in [3.63, 3.8) is 0 Å². The van der Waals surface area contributed by atoms with Gasteiger partial charge in [0.05, 0.1) is 19.1 Å². The molecule has 3 nitrogen and oxygen atoms in total. The number of benzene rings is 1. The molecule has 1 aromatic carbocycles. The fraction of sp³-hybridized carbons (Fsp3) is 0.353. The van der Waals surface area contributed by atoms with Crippen molar-refractivity contribution in [1.82, 2.24) is 4.90 Å². The largest absolute Gasteiger partial charge is 0.493 e. The van der Waals surface area contributed by atoms with Crippen molar-refractivity contribution >= 4 is 33.2 Å². The Kier molecular flexibility index (Phi) is 5.16. The van der Waals surface area contributed by atoms with Gasteiger partial charge in [0.25, 0.3) is 0 Å². The van der Waals surface area contributed by atoms with E-state index in [1.165, 1.54) is 4.88 Å². The highest BCUT2D eigenvalue weighted by Crippen LogP contribution is 2.34. The molecule has 22 heavy (non-hydrogen) atoms. The minimum absolute atomic E-state index is 0.186. The molecule has 3 rings (SSSR count). The molecule has 1 unspecified atom stereocenters. The van der Waals surface area contributed by atoms with Crippen molar-refractivity contribution in [3.8, 4) is 5.75 Å². The first-order valence-corrected chi connectivity index (χ1v) is 9.12. The second-order valence-corrected chi connectivity index (χ2v) is 7.21. The Balaban J connectivity index is 1.53. The van der Waals surface area contributed by atoms with Crippen LogP contribution in [0.4, 0.5) is 0 Å². The third-order valence-corrected chi connectivity index (χ3v) is 5.29. The maximum atomic E-state index is 12.4. The molecule has 1 saturated heterocycles. The van der Waals surface area contributed by atoms with E-state index in [0.717, 1.165) is 29.6 Å². The number of carbonyl (C=O) groups excluding carboxylic acids is 1. The highest BCUT2D eigenvalue weighted by Gasteiger charge is 2.30. The number of rotatable bonds is 5. The molecular weight excluding hydrogens is 362 g/mol. The van der Waals surface area contributed by atoms with E-state index in [1.54, 1.807) is 11.3 Å². The van der Waals surface area contributed by atoms with Crippen LogP contribution in [0.3, 0.4) is 0 Å². The van der Waals surface area contributed by atoms with Crippen molar-refractivity contribution in [1.29, 1.82) is 0 Å². The molecular formula is C17H18BrNO2S. The molecule has 0 aliphatic carbocycles. The Morgan fingerprint density at radius 1 is 1.36 bits per heavy atom. The Labute approximate surface area is 143 Å². The van der Waals surface area contributed by atoms with Gasteiger partial charge in [-0.3, -0.25) is 4.79 Å². The molecule has 5 heteroatoms. The van der Waals surface area contributed by atoms with Crippen molar-refractivity contribution in [2.75, 3.05) is 13.2 Å². The molecule has 2 heterocycles. The average molecular weight is 380 g/mol. The van der Waals surface area contributed by atoms with Crippen LogP contribution in [0.1, 0.15) is 30.2 Å². The summed E-state index contributed by atoms with van der Waals surface area (Å²) in [4.78, 5) is 15.7. The Bertz CT molecular complexity index is 629. The number of nitrogens with zero attached hydrogens (tertiary/aromatic N) is 1. The van der Waals surface area contributed by atoms with Crippen LogP contribution in [0.5, 0.6) is 5.75 Å². The van der Waals surface area contributed by atoms with E-state index in [4.69, 9.17) is 4.74 Å². The lowest BCUT2D eigenvalue weighted by atomic mass is 10.2. The predicted molar refractivity (Wildman–Crippen MR) is 92.3 cm³/mol. The van der Waals surface area contributed by atoms with E-state index in [9.17, 15) is 4.79 Å². The first-order chi connectivity index (χ1) is 10.7. The molecule has 0 saturated carbocycles. The molecule has 0 bridgehead atoms. The molecule has 1 aliphatic heterocycles. The van der Waals surface area contributed by atoms with Crippen molar-refractivity contribution < 1.29 is 9.53 Å². The summed E-state index contributed by atoms with van der Waals surface area (Å²) >= 11 is 5.15. The number of halogens is 1. The van der Waals surface area contributed by atoms with Gasteiger partial charge in [0, 0.05) is 15.9 Å². The molecule has 1 aromatic heterocycles. The maximum absolute atomic E-state index is 12.4. The number of amides is 1. The lowest BCUT2D eigenvalue weighted by Gasteiger charge is -2.24. The fourth-order valence-electron chi connectivity index (χ4n) is 2.80.